The number of hydrogen-bond acceptors (Lipinski definition) is 3. The Balaban J connectivity index is 0.00000803. The normalized spacial score (nSPS) is 14.5. The number of rotatable bonds is 10. The van der Waals surface area contributed by atoms with Crippen LogP contribution in [0.25, 0.3) is 83.9 Å². The number of benzene rings is 7. The fourth-order valence-corrected chi connectivity index (χ4v) is 8.54. The number of phenolic OH excluding ortho intramolecular Hbond substituents is 1. The maximum absolute atomic E-state index is 12.5. The first-order valence-corrected chi connectivity index (χ1v) is 22.5. The molecule has 0 unspecified atom stereocenters. The molecular weight excluding hydrogens is 998 g/mol. The summed E-state index contributed by atoms with van der Waals surface area (Å²) in [6.45, 7) is 15.2. The van der Waals surface area contributed by atoms with Crippen molar-refractivity contribution < 1.29 is 41.3 Å². The van der Waals surface area contributed by atoms with Gasteiger partial charge >= 0.3 is 0 Å². The summed E-state index contributed by atoms with van der Waals surface area (Å²) < 4.78 is 98.1. The Morgan fingerprint density at radius 3 is 1.96 bits per heavy atom. The van der Waals surface area contributed by atoms with Crippen LogP contribution >= 0.6 is 0 Å². The van der Waals surface area contributed by atoms with E-state index >= 15 is 0 Å². The monoisotopic (exact) mass is 1070 g/mol. The fraction of sp³-hybridized carbons (Fsp3) is 0.226. The second-order valence-electron chi connectivity index (χ2n) is 18.8. The molecule has 0 aliphatic carbocycles. The third-order valence-corrected chi connectivity index (χ3v) is 12.2. The van der Waals surface area contributed by atoms with Gasteiger partial charge in [0.1, 0.15) is 11.6 Å². The summed E-state index contributed by atoms with van der Waals surface area (Å²) in [5, 5.41) is 12.5. The standard InChI is InChI=1S/C62H60N3O.Pt/c1-38(2)46-33-52(40(5)6)60(66)55(34-46)61-64-59-50(47-30-48(32-49(31-47)62(8,9)10)56-35-45(28-29-63-56)42-26-24-41(7)25-27-42)22-17-23-57(59)65(61)58-37-53(43-18-13-11-14-19-43)51(39(3)4)36-54(58)44-20-15-12-16-21-44;/h11-29,31-40,66H,1-10H3;/q-1;/i7D3,24D,25D,26D,27D,28D,29D,35D,39D;. The van der Waals surface area contributed by atoms with Crippen molar-refractivity contribution in [2.75, 3.05) is 0 Å². The van der Waals surface area contributed by atoms with Crippen LogP contribution in [0.5, 0.6) is 5.75 Å². The first kappa shape index (κ1) is 34.9. The first-order chi connectivity index (χ1) is 36.1. The van der Waals surface area contributed by atoms with Crippen LogP contribution in [0.15, 0.2) is 158 Å². The molecule has 7 aromatic carbocycles. The van der Waals surface area contributed by atoms with Gasteiger partial charge in [-0.15, -0.1) is 29.3 Å². The Bertz CT molecular complexity index is 3770. The van der Waals surface area contributed by atoms with Crippen LogP contribution in [0.2, 0.25) is 0 Å². The van der Waals surface area contributed by atoms with Gasteiger partial charge in [0, 0.05) is 44.0 Å². The Kier molecular flexibility index (Phi) is 9.94. The molecule has 0 spiro atoms. The zero-order valence-electron chi connectivity index (χ0n) is 50.2. The van der Waals surface area contributed by atoms with E-state index in [4.69, 9.17) is 17.3 Å². The number of para-hydroxylation sites is 1. The third-order valence-electron chi connectivity index (χ3n) is 12.2. The van der Waals surface area contributed by atoms with Gasteiger partial charge < -0.3 is 5.11 Å². The van der Waals surface area contributed by atoms with Crippen LogP contribution in [-0.4, -0.2) is 19.6 Å². The molecule has 9 rings (SSSR count). The number of aromatic nitrogens is 3. The predicted molar refractivity (Wildman–Crippen MR) is 278 cm³/mol. The second kappa shape index (κ2) is 19.1. The summed E-state index contributed by atoms with van der Waals surface area (Å²) >= 11 is 0. The maximum atomic E-state index is 12.5. The molecule has 67 heavy (non-hydrogen) atoms. The zero-order chi connectivity index (χ0) is 56.0. The summed E-state index contributed by atoms with van der Waals surface area (Å²) in [6, 6.07) is 37.2. The minimum absolute atomic E-state index is 0. The van der Waals surface area contributed by atoms with Crippen LogP contribution < -0.4 is 0 Å². The van der Waals surface area contributed by atoms with Gasteiger partial charge in [-0.1, -0.05) is 188 Å². The number of aromatic hydroxyl groups is 1. The molecule has 0 radical (unpaired) electrons. The fourth-order valence-electron chi connectivity index (χ4n) is 8.54. The van der Waals surface area contributed by atoms with E-state index in [1.165, 1.54) is 0 Å². The SMILES string of the molecule is [2H]c1nc(-c2[c-]c(-c3cccc4c3nc(-c3cc(C(C)C)cc(C(C)C)c3O)n4-c3cc(-c4ccccc4)c(C([2H])(C)C)cc3-c3ccccc3)cc(C(C)(C)C)c2)c([2H])c(-c2c([2H])c([2H])c(C([2H])([2H])[2H])c([2H])c2[2H])c1[2H].[Pt]. The molecular formula is C62H60N3OPt-. The molecule has 0 aliphatic heterocycles. The maximum Gasteiger partial charge on any atom is 0.148 e. The average molecular weight is 1070 g/mol. The number of phenols is 1. The number of imidazole rings is 1. The molecule has 9 aromatic rings. The van der Waals surface area contributed by atoms with Gasteiger partial charge in [-0.25, -0.2) is 4.98 Å². The van der Waals surface area contributed by atoms with Crippen molar-refractivity contribution in [3.63, 3.8) is 0 Å². The van der Waals surface area contributed by atoms with Crippen molar-refractivity contribution in [2.45, 2.75) is 92.3 Å². The number of nitrogens with zero attached hydrogens (tertiary/aromatic N) is 3. The molecule has 1 N–H and O–H groups in total. The van der Waals surface area contributed by atoms with Gasteiger partial charge in [-0.05, 0) is 105 Å². The average Bonchev–Trinajstić information content (AvgIpc) is 3.81. The minimum atomic E-state index is -2.98. The summed E-state index contributed by atoms with van der Waals surface area (Å²) in [4.78, 5) is 10.0. The van der Waals surface area contributed by atoms with Crippen LogP contribution in [0.3, 0.4) is 0 Å². The van der Waals surface area contributed by atoms with Crippen molar-refractivity contribution in [3.05, 3.63) is 192 Å². The van der Waals surface area contributed by atoms with Gasteiger partial charge in [0.25, 0.3) is 0 Å². The molecule has 0 aliphatic rings. The summed E-state index contributed by atoms with van der Waals surface area (Å²) in [5.41, 5.74) is 8.51. The van der Waals surface area contributed by atoms with Crippen molar-refractivity contribution in [3.8, 4) is 78.6 Å². The second-order valence-corrected chi connectivity index (χ2v) is 18.8. The van der Waals surface area contributed by atoms with Gasteiger partial charge in [-0.3, -0.25) is 9.55 Å². The number of fused-ring (bicyclic) bond motifs is 1. The van der Waals surface area contributed by atoms with E-state index in [9.17, 15) is 7.85 Å². The van der Waals surface area contributed by atoms with Gasteiger partial charge in [0.05, 0.1) is 31.9 Å². The summed E-state index contributed by atoms with van der Waals surface area (Å²) in [7, 11) is 0. The van der Waals surface area contributed by atoms with E-state index in [0.717, 1.165) is 50.2 Å². The minimum Gasteiger partial charge on any atom is -0.507 e. The quantitative estimate of drug-likeness (QED) is 0.139. The van der Waals surface area contributed by atoms with Crippen LogP contribution in [-0.2, 0) is 26.5 Å². The summed E-state index contributed by atoms with van der Waals surface area (Å²) in [6.07, 6.45) is -0.600. The zero-order valence-corrected chi connectivity index (χ0v) is 41.5. The Labute approximate surface area is 427 Å². The van der Waals surface area contributed by atoms with E-state index in [2.05, 4.69) is 61.5 Å². The van der Waals surface area contributed by atoms with E-state index in [1.54, 1.807) is 6.07 Å². The van der Waals surface area contributed by atoms with Crippen LogP contribution in [0.1, 0.15) is 123 Å². The van der Waals surface area contributed by atoms with Gasteiger partial charge in [-0.2, -0.15) is 0 Å². The van der Waals surface area contributed by atoms with Gasteiger partial charge in [0.15, 0.2) is 0 Å². The van der Waals surface area contributed by atoms with Crippen LogP contribution in [0, 0.1) is 12.9 Å². The number of hydrogen-bond donors (Lipinski definition) is 1. The Morgan fingerprint density at radius 1 is 0.657 bits per heavy atom. The van der Waals surface area contributed by atoms with E-state index in [-0.39, 0.29) is 49.9 Å². The molecule has 2 heterocycles. The first-order valence-electron chi connectivity index (χ1n) is 28.0. The van der Waals surface area contributed by atoms with Crippen LogP contribution in [0.4, 0.5) is 0 Å². The molecule has 0 amide bonds. The summed E-state index contributed by atoms with van der Waals surface area (Å²) in [5.74, 6) is -0.408. The van der Waals surface area contributed by atoms with Crippen molar-refractivity contribution >= 4 is 11.0 Å². The molecule has 340 valence electrons. The molecule has 0 bridgehead atoms. The van der Waals surface area contributed by atoms with Crippen molar-refractivity contribution in [1.82, 2.24) is 14.5 Å². The molecule has 0 fully saturated rings. The molecule has 0 atom stereocenters. The Hall–Kier alpha value is -6.35. The van der Waals surface area contributed by atoms with Crippen molar-refractivity contribution in [2.24, 2.45) is 0 Å². The molecule has 4 nitrogen and oxygen atoms in total. The van der Waals surface area contributed by atoms with Crippen molar-refractivity contribution in [1.29, 1.82) is 0 Å². The molecule has 2 aromatic heterocycles. The van der Waals surface area contributed by atoms with E-state index < -0.39 is 77.3 Å². The molecule has 0 saturated heterocycles. The predicted octanol–water partition coefficient (Wildman–Crippen LogP) is 16.9. The van der Waals surface area contributed by atoms with Gasteiger partial charge in [0.2, 0.25) is 0 Å². The number of pyridine rings is 1. The smallest absolute Gasteiger partial charge is 0.148 e. The molecule has 5 heteroatoms. The Morgan fingerprint density at radius 2 is 1.33 bits per heavy atom. The van der Waals surface area contributed by atoms with E-state index in [0.29, 0.717) is 33.5 Å². The third kappa shape index (κ3) is 9.34. The molecule has 0 saturated carbocycles. The largest absolute Gasteiger partial charge is 0.507 e. The topological polar surface area (TPSA) is 50.9 Å². The van der Waals surface area contributed by atoms with E-state index in [1.807, 2.05) is 126 Å².